The van der Waals surface area contributed by atoms with Crippen molar-refractivity contribution in [2.24, 2.45) is 0 Å². The van der Waals surface area contributed by atoms with Crippen LogP contribution in [0.5, 0.6) is 11.5 Å². The molecule has 0 unspecified atom stereocenters. The monoisotopic (exact) mass is 582 g/mol. The van der Waals surface area contributed by atoms with Crippen molar-refractivity contribution in [1.82, 2.24) is 0 Å². The number of hydrogen-bond donors (Lipinski definition) is 1. The molecule has 2 aromatic rings. The first-order chi connectivity index (χ1) is 18.9. The summed E-state index contributed by atoms with van der Waals surface area (Å²) in [7, 11) is -0.602. The van der Waals surface area contributed by atoms with Crippen molar-refractivity contribution in [3.8, 4) is 11.5 Å². The van der Waals surface area contributed by atoms with Crippen LogP contribution >= 0.6 is 11.8 Å². The Bertz CT molecular complexity index is 1260. The van der Waals surface area contributed by atoms with Crippen LogP contribution < -0.4 is 9.47 Å². The van der Waals surface area contributed by atoms with Crippen LogP contribution in [0.1, 0.15) is 40.5 Å². The summed E-state index contributed by atoms with van der Waals surface area (Å²) >= 11 is 1.64. The van der Waals surface area contributed by atoms with Crippen LogP contribution in [0.25, 0.3) is 0 Å². The molecule has 5 rings (SSSR count). The molecule has 2 bridgehead atoms. The minimum Gasteiger partial charge on any atom is -0.497 e. The molecule has 2 fully saturated rings. The smallest absolute Gasteiger partial charge is 0.192 e. The Balaban J connectivity index is 1.59. The predicted molar refractivity (Wildman–Crippen MR) is 161 cm³/mol. The van der Waals surface area contributed by atoms with Gasteiger partial charge in [-0.1, -0.05) is 39.0 Å². The Hall–Kier alpha value is -2.23. The van der Waals surface area contributed by atoms with Crippen molar-refractivity contribution in [2.45, 2.75) is 91.7 Å². The number of thioether (sulfide) groups is 1. The Morgan fingerprint density at radius 2 is 1.73 bits per heavy atom. The van der Waals surface area contributed by atoms with Gasteiger partial charge in [-0.25, -0.2) is 0 Å². The average Bonchev–Trinajstić information content (AvgIpc) is 3.61. The van der Waals surface area contributed by atoms with Gasteiger partial charge in [-0.2, -0.15) is 0 Å². The molecular formula is C32H42O6SSi. The number of rotatable bonds is 9. The summed E-state index contributed by atoms with van der Waals surface area (Å²) in [6, 6.07) is 17.6. The second-order valence-corrected chi connectivity index (χ2v) is 18.8. The highest BCUT2D eigenvalue weighted by Crippen LogP contribution is 2.66. The number of aliphatic hydroxyl groups is 1. The van der Waals surface area contributed by atoms with E-state index < -0.39 is 24.3 Å². The van der Waals surface area contributed by atoms with Gasteiger partial charge in [0.15, 0.2) is 19.5 Å². The summed E-state index contributed by atoms with van der Waals surface area (Å²) in [4.78, 5) is 1.06. The molecule has 5 atom stereocenters. The maximum Gasteiger partial charge on any atom is 0.192 e. The molecule has 0 aliphatic carbocycles. The second-order valence-electron chi connectivity index (χ2n) is 12.5. The van der Waals surface area contributed by atoms with E-state index in [1.807, 2.05) is 54.6 Å². The zero-order valence-electron chi connectivity index (χ0n) is 24.6. The van der Waals surface area contributed by atoms with Gasteiger partial charge in [-0.05, 0) is 73.6 Å². The van der Waals surface area contributed by atoms with E-state index in [-0.39, 0.29) is 17.2 Å². The Labute approximate surface area is 243 Å². The third-order valence-corrected chi connectivity index (χ3v) is 15.1. The lowest BCUT2D eigenvalue weighted by molar-refractivity contribution is -0.127. The summed E-state index contributed by atoms with van der Waals surface area (Å²) in [6.07, 6.45) is 6.24. The van der Waals surface area contributed by atoms with Crippen LogP contribution in [-0.2, 0) is 13.9 Å². The van der Waals surface area contributed by atoms with Crippen molar-refractivity contribution in [3.05, 3.63) is 78.8 Å². The number of methoxy groups -OCH3 is 1. The quantitative estimate of drug-likeness (QED) is 0.250. The fourth-order valence-electron chi connectivity index (χ4n) is 5.79. The maximum absolute atomic E-state index is 13.1. The summed E-state index contributed by atoms with van der Waals surface area (Å²) in [5.74, 6) is 1.96. The summed E-state index contributed by atoms with van der Waals surface area (Å²) in [5.41, 5.74) is -2.72. The lowest BCUT2D eigenvalue weighted by atomic mass is 9.65. The molecule has 0 aromatic heterocycles. The molecule has 0 amide bonds. The Kier molecular flexibility index (Phi) is 7.72. The molecule has 2 saturated heterocycles. The molecule has 0 saturated carbocycles. The van der Waals surface area contributed by atoms with Gasteiger partial charge in [-0.3, -0.25) is 0 Å². The van der Waals surface area contributed by atoms with E-state index in [1.165, 1.54) is 0 Å². The lowest BCUT2D eigenvalue weighted by Crippen LogP contribution is -2.70. The summed E-state index contributed by atoms with van der Waals surface area (Å²) < 4.78 is 30.8. The largest absolute Gasteiger partial charge is 0.497 e. The van der Waals surface area contributed by atoms with Gasteiger partial charge in [0.2, 0.25) is 0 Å². The standard InChI is InChI=1S/C32H42O6SSi/c1-29(2,3)40(6,7)38-28-22-27-30(4,39-25-12-9-8-10-13-25)32(33,26-14-11-20-36-26)31(28,37-27)19-21-35-24-17-15-23(34-5)16-18-24/h8-10,12-19,21,27-28,33H,11,20,22H2,1-7H3/b21-19+/t27-,28-,30+,31+,32+/m0/s1. The number of ether oxygens (including phenoxy) is 4. The fourth-order valence-corrected chi connectivity index (χ4v) is 8.59. The lowest BCUT2D eigenvalue weighted by Gasteiger charge is -2.53. The van der Waals surface area contributed by atoms with E-state index in [2.05, 4.69) is 52.9 Å². The third kappa shape index (κ3) is 4.71. The molecule has 0 radical (unpaired) electrons. The molecule has 3 heterocycles. The molecule has 0 spiro atoms. The highest BCUT2D eigenvalue weighted by atomic mass is 32.2. The minimum absolute atomic E-state index is 0.0112. The summed E-state index contributed by atoms with van der Waals surface area (Å²) in [6.45, 7) is 13.8. The summed E-state index contributed by atoms with van der Waals surface area (Å²) in [5, 5.41) is 13.1. The first kappa shape index (κ1) is 29.3. The highest BCUT2D eigenvalue weighted by molar-refractivity contribution is 8.00. The average molecular weight is 583 g/mol. The third-order valence-electron chi connectivity index (χ3n) is 9.10. The van der Waals surface area contributed by atoms with Crippen LogP contribution in [-0.4, -0.2) is 55.3 Å². The Morgan fingerprint density at radius 3 is 2.33 bits per heavy atom. The van der Waals surface area contributed by atoms with Gasteiger partial charge in [0.1, 0.15) is 17.3 Å². The molecule has 40 heavy (non-hydrogen) atoms. The van der Waals surface area contributed by atoms with Crippen molar-refractivity contribution < 1.29 is 28.5 Å². The SMILES string of the molecule is COc1ccc(O/C=C/[C@@]23O[C@@H](C[C@@H]2O[Si](C)(C)C(C)(C)C)[C@@](C)(Sc2ccccc2)[C@]3(O)C2=CCCO2)cc1. The van der Waals surface area contributed by atoms with E-state index >= 15 is 0 Å². The van der Waals surface area contributed by atoms with Gasteiger partial charge in [-0.15, -0.1) is 11.8 Å². The van der Waals surface area contributed by atoms with Crippen LogP contribution in [0.15, 0.2) is 83.7 Å². The van der Waals surface area contributed by atoms with Crippen molar-refractivity contribution in [3.63, 3.8) is 0 Å². The molecular weight excluding hydrogens is 540 g/mol. The van der Waals surface area contributed by atoms with E-state index in [0.29, 0.717) is 24.5 Å². The van der Waals surface area contributed by atoms with E-state index in [4.69, 9.17) is 23.4 Å². The minimum atomic E-state index is -2.24. The maximum atomic E-state index is 13.1. The molecule has 2 aromatic carbocycles. The molecule has 6 nitrogen and oxygen atoms in total. The van der Waals surface area contributed by atoms with E-state index in [1.54, 1.807) is 25.1 Å². The van der Waals surface area contributed by atoms with Crippen molar-refractivity contribution in [2.75, 3.05) is 13.7 Å². The van der Waals surface area contributed by atoms with Gasteiger partial charge in [0, 0.05) is 17.7 Å². The van der Waals surface area contributed by atoms with Crippen LogP contribution in [0, 0.1) is 0 Å². The van der Waals surface area contributed by atoms with Crippen LogP contribution in [0.2, 0.25) is 18.1 Å². The van der Waals surface area contributed by atoms with Crippen LogP contribution in [0.4, 0.5) is 0 Å². The predicted octanol–water partition coefficient (Wildman–Crippen LogP) is 7.11. The fraction of sp³-hybridized carbons (Fsp3) is 0.500. The van der Waals surface area contributed by atoms with Gasteiger partial charge < -0.3 is 28.5 Å². The van der Waals surface area contributed by atoms with Gasteiger partial charge in [0.25, 0.3) is 0 Å². The zero-order valence-corrected chi connectivity index (χ0v) is 26.4. The van der Waals surface area contributed by atoms with Crippen molar-refractivity contribution in [1.29, 1.82) is 0 Å². The van der Waals surface area contributed by atoms with E-state index in [9.17, 15) is 5.11 Å². The first-order valence-electron chi connectivity index (χ1n) is 14.0. The number of benzene rings is 2. The normalized spacial score (nSPS) is 31.9. The number of fused-ring (bicyclic) bond motifs is 2. The molecule has 1 N–H and O–H groups in total. The van der Waals surface area contributed by atoms with Crippen LogP contribution in [0.3, 0.4) is 0 Å². The Morgan fingerprint density at radius 1 is 1.05 bits per heavy atom. The molecule has 3 aliphatic heterocycles. The number of hydrogen-bond acceptors (Lipinski definition) is 7. The molecule has 8 heteroatoms. The van der Waals surface area contributed by atoms with Gasteiger partial charge in [0.05, 0.1) is 36.9 Å². The second kappa shape index (κ2) is 10.6. The van der Waals surface area contributed by atoms with Gasteiger partial charge >= 0.3 is 0 Å². The first-order valence-corrected chi connectivity index (χ1v) is 17.7. The molecule has 216 valence electrons. The highest BCUT2D eigenvalue weighted by Gasteiger charge is 2.80. The molecule has 3 aliphatic rings. The van der Waals surface area contributed by atoms with E-state index in [0.717, 1.165) is 17.1 Å². The topological polar surface area (TPSA) is 66.4 Å². The zero-order chi connectivity index (χ0) is 28.8. The van der Waals surface area contributed by atoms with Crippen molar-refractivity contribution >= 4 is 20.1 Å².